The van der Waals surface area contributed by atoms with E-state index < -0.39 is 9.17 Å². The van der Waals surface area contributed by atoms with Gasteiger partial charge in [-0.15, -0.1) is 0 Å². The minimum atomic E-state index is -3.13. The maximum Gasteiger partial charge on any atom is 2.00 e. The molecule has 0 amide bonds. The Morgan fingerprint density at radius 1 is 1.50 bits per heavy atom. The molecule has 0 spiro atoms. The first-order chi connectivity index (χ1) is 1.73. The van der Waals surface area contributed by atoms with Gasteiger partial charge >= 0.3 is 54.7 Å². The van der Waals surface area contributed by atoms with Crippen LogP contribution in [0.25, 0.3) is 0 Å². The summed E-state index contributed by atoms with van der Waals surface area (Å²) in [4.78, 5) is 14.3. The maximum atomic E-state index is 8.74. The molecule has 0 heterocycles. The van der Waals surface area contributed by atoms with Crippen LogP contribution < -0.4 is 0 Å². The van der Waals surface area contributed by atoms with Gasteiger partial charge in [0.1, 0.15) is 0 Å². The summed E-state index contributed by atoms with van der Waals surface area (Å²) < 4.78 is 8.74. The Labute approximate surface area is 118 Å². The van der Waals surface area contributed by atoms with Crippen molar-refractivity contribution in [2.75, 3.05) is 0 Å². The average Bonchev–Trinajstić information content (AvgIpc) is 0.811. The first-order valence-corrected chi connectivity index (χ1v) is 1.95. The van der Waals surface area contributed by atoms with Gasteiger partial charge in [-0.05, 0) is 0 Å². The Bertz CT molecular complexity index is 40.3. The third-order valence-electron chi connectivity index (χ3n) is 0. The summed E-state index contributed by atoms with van der Waals surface area (Å²) in [6.07, 6.45) is 0. The van der Waals surface area contributed by atoms with Gasteiger partial charge in [-0.3, -0.25) is 4.46 Å². The molecule has 0 aromatic heterocycles. The van der Waals surface area contributed by atoms with Crippen molar-refractivity contribution in [3.63, 3.8) is 0 Å². The molecule has 0 rings (SSSR count). The van der Waals surface area contributed by atoms with Crippen LogP contribution in [0.5, 0.6) is 0 Å². The van der Waals surface area contributed by atoms with Gasteiger partial charge in [-0.1, -0.05) is 0 Å². The summed E-state index contributed by atoms with van der Waals surface area (Å²) >= 11 is 0. The molecule has 0 aliphatic rings. The zero-order valence-corrected chi connectivity index (χ0v) is 9.79. The van der Waals surface area contributed by atoms with E-state index in [2.05, 4.69) is 0 Å². The molecule has 0 fully saturated rings. The van der Waals surface area contributed by atoms with E-state index in [4.69, 9.17) is 14.1 Å². The Kier molecular flexibility index (Phi) is 28.1. The van der Waals surface area contributed by atoms with Crippen molar-refractivity contribution in [3.05, 3.63) is 0 Å². The minimum Gasteiger partial charge on any atom is -1.00 e. The van der Waals surface area contributed by atoms with E-state index in [1.807, 2.05) is 0 Å². The normalized spacial score (nSPS) is 4.00. The van der Waals surface area contributed by atoms with Crippen LogP contribution in [0.1, 0.15) is 2.85 Å². The first kappa shape index (κ1) is 15.9. The molecule has 1 radical (unpaired) electrons. The smallest absolute Gasteiger partial charge is 1.00 e. The van der Waals surface area contributed by atoms with Crippen molar-refractivity contribution in [1.82, 2.24) is 0 Å². The van der Waals surface area contributed by atoms with Gasteiger partial charge < -0.3 is 12.4 Å². The van der Waals surface area contributed by atoms with E-state index in [0.29, 0.717) is 0 Å². The van der Waals surface area contributed by atoms with Gasteiger partial charge in [-0.2, -0.15) is 0 Å². The second-order valence-electron chi connectivity index (χ2n) is 0.283. The quantitative estimate of drug-likeness (QED) is 0.520. The molecule has 35 valence electrons. The zero-order chi connectivity index (χ0) is 3.58. The largest absolute Gasteiger partial charge is 2.00 e. The van der Waals surface area contributed by atoms with Crippen molar-refractivity contribution in [1.29, 1.82) is 0 Å². The zero-order valence-electron chi connectivity index (χ0n) is 4.89. The molecular formula is H4EuO3SiSr. The number of hydrogen-bond acceptors (Lipinski definition) is 1. The van der Waals surface area contributed by atoms with Crippen LogP contribution in [0.4, 0.5) is 0 Å². The van der Waals surface area contributed by atoms with Crippen LogP contribution in [-0.2, 0) is 4.46 Å². The fourth-order valence-electron chi connectivity index (χ4n) is 0. The monoisotopic (exact) mass is 321 g/mol. The van der Waals surface area contributed by atoms with Gasteiger partial charge in [0.15, 0.2) is 0 Å². The fourth-order valence-corrected chi connectivity index (χ4v) is 0. The summed E-state index contributed by atoms with van der Waals surface area (Å²) in [7, 11) is -3.13. The molecule has 0 saturated carbocycles. The minimum absolute atomic E-state index is 0. The molecule has 2 N–H and O–H groups in total. The topological polar surface area (TPSA) is 57.5 Å². The van der Waals surface area contributed by atoms with Crippen LogP contribution >= 0.6 is 0 Å². The molecule has 6 heavy (non-hydrogen) atoms. The Morgan fingerprint density at radius 2 is 1.50 bits per heavy atom. The Hall–Kier alpha value is 2.68. The van der Waals surface area contributed by atoms with Crippen LogP contribution in [-0.4, -0.2) is 64.2 Å². The molecule has 0 aliphatic heterocycles. The predicted molar refractivity (Wildman–Crippen MR) is 18.9 cm³/mol. The van der Waals surface area contributed by atoms with E-state index >= 15 is 0 Å². The molecule has 0 atom stereocenters. The molecular weight excluding hydrogens is 316 g/mol. The molecule has 0 unspecified atom stereocenters. The summed E-state index contributed by atoms with van der Waals surface area (Å²) in [5, 5.41) is 0. The summed E-state index contributed by atoms with van der Waals surface area (Å²) in [5.41, 5.74) is 0. The van der Waals surface area contributed by atoms with Crippen molar-refractivity contribution < 1.29 is 66.3 Å². The third kappa shape index (κ3) is 30.0. The van der Waals surface area contributed by atoms with Gasteiger partial charge in [0.2, 0.25) is 0 Å². The standard InChI is InChI=1S/Eu.H2O3Si.Sr.2H/c;1-4(2)3;;;/h;1-2H;;;/q;;+2;2*-1. The Morgan fingerprint density at radius 3 is 1.50 bits per heavy atom. The second kappa shape index (κ2) is 10.6. The van der Waals surface area contributed by atoms with Crippen molar-refractivity contribution in [2.45, 2.75) is 0 Å². The SMILES string of the molecule is O=[Si](O)O.[Eu].[H-].[H-].[Sr+2]. The van der Waals surface area contributed by atoms with Crippen LogP contribution in [0.2, 0.25) is 0 Å². The van der Waals surface area contributed by atoms with Gasteiger partial charge in [0, 0.05) is 49.4 Å². The van der Waals surface area contributed by atoms with Crippen LogP contribution in [0, 0.1) is 49.4 Å². The van der Waals surface area contributed by atoms with E-state index in [0.717, 1.165) is 0 Å². The number of hydrogen-bond donors (Lipinski definition) is 2. The molecule has 0 aromatic carbocycles. The average molecular weight is 320 g/mol. The summed E-state index contributed by atoms with van der Waals surface area (Å²) in [6, 6.07) is 0. The second-order valence-corrected chi connectivity index (χ2v) is 0.848. The summed E-state index contributed by atoms with van der Waals surface area (Å²) in [5.74, 6) is 0. The maximum absolute atomic E-state index is 8.74. The molecule has 0 aliphatic carbocycles. The molecule has 6 heteroatoms. The van der Waals surface area contributed by atoms with E-state index in [1.165, 1.54) is 0 Å². The molecule has 3 nitrogen and oxygen atoms in total. The Balaban J connectivity index is -0.00000000750. The van der Waals surface area contributed by atoms with Crippen molar-refractivity contribution >= 4 is 54.7 Å². The van der Waals surface area contributed by atoms with Gasteiger partial charge in [-0.25, -0.2) is 0 Å². The fraction of sp³-hybridized carbons (Fsp3) is 0. The third-order valence-corrected chi connectivity index (χ3v) is 0. The first-order valence-electron chi connectivity index (χ1n) is 0.651. The molecule has 0 aromatic rings. The van der Waals surface area contributed by atoms with Crippen molar-refractivity contribution in [2.24, 2.45) is 0 Å². The van der Waals surface area contributed by atoms with Crippen molar-refractivity contribution in [3.8, 4) is 0 Å². The molecule has 0 bridgehead atoms. The molecule has 0 saturated heterocycles. The van der Waals surface area contributed by atoms with Gasteiger partial charge in [0.25, 0.3) is 0 Å². The van der Waals surface area contributed by atoms with E-state index in [1.54, 1.807) is 0 Å². The van der Waals surface area contributed by atoms with E-state index in [-0.39, 0.29) is 97.7 Å². The van der Waals surface area contributed by atoms with Crippen LogP contribution in [0.15, 0.2) is 0 Å². The number of rotatable bonds is 0. The van der Waals surface area contributed by atoms with E-state index in [9.17, 15) is 0 Å². The van der Waals surface area contributed by atoms with Gasteiger partial charge in [0.05, 0.1) is 0 Å². The van der Waals surface area contributed by atoms with Crippen LogP contribution in [0.3, 0.4) is 0 Å². The predicted octanol–water partition coefficient (Wildman–Crippen LogP) is -1.77. The summed E-state index contributed by atoms with van der Waals surface area (Å²) in [6.45, 7) is 0.